The standard InChI is InChI=1S/C15H19ClN4O3S/c1-11-14(15(17)18-23-11)24(21,22)20-8-6-19(7-9-20)10-12-2-4-13(16)5-3-12/h2-5H,6-10H2,1H3,(H2,17,18). The Bertz CT molecular complexity index is 792. The monoisotopic (exact) mass is 370 g/mol. The summed E-state index contributed by atoms with van der Waals surface area (Å²) in [6, 6.07) is 7.67. The number of hydrogen-bond donors (Lipinski definition) is 1. The van der Waals surface area contributed by atoms with Crippen LogP contribution in [0.2, 0.25) is 5.02 Å². The van der Waals surface area contributed by atoms with Crippen LogP contribution in [-0.2, 0) is 16.6 Å². The summed E-state index contributed by atoms with van der Waals surface area (Å²) in [5, 5.41) is 4.24. The minimum atomic E-state index is -3.67. The van der Waals surface area contributed by atoms with Crippen LogP contribution < -0.4 is 5.73 Å². The molecule has 2 N–H and O–H groups in total. The van der Waals surface area contributed by atoms with Crippen molar-refractivity contribution < 1.29 is 12.9 Å². The number of anilines is 1. The van der Waals surface area contributed by atoms with Crippen molar-refractivity contribution >= 4 is 27.4 Å². The highest BCUT2D eigenvalue weighted by Crippen LogP contribution is 2.26. The van der Waals surface area contributed by atoms with E-state index in [1.165, 1.54) is 4.31 Å². The molecule has 0 radical (unpaired) electrons. The molecular weight excluding hydrogens is 352 g/mol. The maximum absolute atomic E-state index is 12.7. The molecule has 2 aromatic rings. The number of nitrogens with zero attached hydrogens (tertiary/aromatic N) is 3. The van der Waals surface area contributed by atoms with Crippen molar-refractivity contribution in [3.63, 3.8) is 0 Å². The van der Waals surface area contributed by atoms with E-state index >= 15 is 0 Å². The fourth-order valence-electron chi connectivity index (χ4n) is 2.80. The Morgan fingerprint density at radius 1 is 1.21 bits per heavy atom. The molecule has 0 amide bonds. The Hall–Kier alpha value is -1.61. The van der Waals surface area contributed by atoms with Crippen molar-refractivity contribution in [2.45, 2.75) is 18.4 Å². The number of halogens is 1. The van der Waals surface area contributed by atoms with Gasteiger partial charge in [0.15, 0.2) is 16.5 Å². The zero-order valence-electron chi connectivity index (χ0n) is 13.3. The lowest BCUT2D eigenvalue weighted by Gasteiger charge is -2.33. The van der Waals surface area contributed by atoms with E-state index in [-0.39, 0.29) is 16.5 Å². The average Bonchev–Trinajstić information content (AvgIpc) is 2.89. The fourth-order valence-corrected chi connectivity index (χ4v) is 4.53. The third-order valence-corrected chi connectivity index (χ3v) is 6.39. The molecule has 3 rings (SSSR count). The predicted octanol–water partition coefficient (Wildman–Crippen LogP) is 1.73. The Labute approximate surface area is 146 Å². The van der Waals surface area contributed by atoms with Gasteiger partial charge >= 0.3 is 0 Å². The van der Waals surface area contributed by atoms with Gasteiger partial charge in [-0.2, -0.15) is 4.31 Å². The summed E-state index contributed by atoms with van der Waals surface area (Å²) in [5.74, 6) is 0.132. The van der Waals surface area contributed by atoms with Crippen LogP contribution in [0.5, 0.6) is 0 Å². The van der Waals surface area contributed by atoms with Gasteiger partial charge in [0.1, 0.15) is 0 Å². The van der Waals surface area contributed by atoms with Crippen LogP contribution in [0, 0.1) is 6.92 Å². The summed E-state index contributed by atoms with van der Waals surface area (Å²) in [6.07, 6.45) is 0. The molecule has 0 saturated carbocycles. The summed E-state index contributed by atoms with van der Waals surface area (Å²) < 4.78 is 31.7. The zero-order chi connectivity index (χ0) is 17.3. The van der Waals surface area contributed by atoms with Gasteiger partial charge in [0.2, 0.25) is 10.0 Å². The molecule has 0 unspecified atom stereocenters. The van der Waals surface area contributed by atoms with Crippen molar-refractivity contribution in [2.75, 3.05) is 31.9 Å². The normalized spacial score (nSPS) is 17.2. The van der Waals surface area contributed by atoms with E-state index in [1.54, 1.807) is 6.92 Å². The molecule has 1 fully saturated rings. The highest BCUT2D eigenvalue weighted by molar-refractivity contribution is 7.89. The smallest absolute Gasteiger partial charge is 0.250 e. The summed E-state index contributed by atoms with van der Waals surface area (Å²) in [6.45, 7) is 4.41. The number of benzene rings is 1. The molecule has 24 heavy (non-hydrogen) atoms. The first-order valence-electron chi connectivity index (χ1n) is 7.56. The van der Waals surface area contributed by atoms with Crippen molar-refractivity contribution in [3.05, 3.63) is 40.6 Å². The maximum atomic E-state index is 12.7. The lowest BCUT2D eigenvalue weighted by atomic mass is 10.2. The molecule has 1 aromatic heterocycles. The van der Waals surface area contributed by atoms with E-state index in [2.05, 4.69) is 10.1 Å². The molecule has 1 aliphatic heterocycles. The number of piperazine rings is 1. The number of aromatic nitrogens is 1. The van der Waals surface area contributed by atoms with Gasteiger partial charge < -0.3 is 10.3 Å². The maximum Gasteiger partial charge on any atom is 0.250 e. The number of hydrogen-bond acceptors (Lipinski definition) is 6. The van der Waals surface area contributed by atoms with Gasteiger partial charge in [-0.15, -0.1) is 0 Å². The van der Waals surface area contributed by atoms with Crippen molar-refractivity contribution in [1.82, 2.24) is 14.4 Å². The van der Waals surface area contributed by atoms with Crippen molar-refractivity contribution in [1.29, 1.82) is 0 Å². The van der Waals surface area contributed by atoms with Gasteiger partial charge in [-0.1, -0.05) is 28.9 Å². The molecule has 7 nitrogen and oxygen atoms in total. The molecule has 1 aliphatic rings. The van der Waals surface area contributed by atoms with Gasteiger partial charge in [-0.25, -0.2) is 8.42 Å². The van der Waals surface area contributed by atoms with E-state index in [9.17, 15) is 8.42 Å². The molecule has 0 bridgehead atoms. The summed E-state index contributed by atoms with van der Waals surface area (Å²) in [4.78, 5) is 2.19. The van der Waals surface area contributed by atoms with Crippen LogP contribution in [0.15, 0.2) is 33.7 Å². The molecule has 9 heteroatoms. The molecule has 1 aromatic carbocycles. The SMILES string of the molecule is Cc1onc(N)c1S(=O)(=O)N1CCN(Cc2ccc(Cl)cc2)CC1. The molecule has 0 atom stereocenters. The second-order valence-corrected chi connectivity index (χ2v) is 8.07. The number of nitrogen functional groups attached to an aromatic ring is 1. The van der Waals surface area contributed by atoms with Gasteiger partial charge in [0.25, 0.3) is 0 Å². The number of rotatable bonds is 4. The quantitative estimate of drug-likeness (QED) is 0.880. The molecule has 1 saturated heterocycles. The van der Waals surface area contributed by atoms with E-state index in [0.717, 1.165) is 12.1 Å². The highest BCUT2D eigenvalue weighted by atomic mass is 35.5. The lowest BCUT2D eigenvalue weighted by molar-refractivity contribution is 0.181. The third-order valence-electron chi connectivity index (χ3n) is 4.08. The minimum Gasteiger partial charge on any atom is -0.380 e. The van der Waals surface area contributed by atoms with Gasteiger partial charge in [0.05, 0.1) is 0 Å². The van der Waals surface area contributed by atoms with Crippen LogP contribution in [0.25, 0.3) is 0 Å². The highest BCUT2D eigenvalue weighted by Gasteiger charge is 2.33. The second kappa shape index (κ2) is 6.72. The van der Waals surface area contributed by atoms with Gasteiger partial charge in [0, 0.05) is 37.7 Å². The van der Waals surface area contributed by atoms with E-state index < -0.39 is 10.0 Å². The summed E-state index contributed by atoms with van der Waals surface area (Å²) in [7, 11) is -3.67. The van der Waals surface area contributed by atoms with E-state index in [1.807, 2.05) is 24.3 Å². The van der Waals surface area contributed by atoms with Crippen LogP contribution >= 0.6 is 11.6 Å². The summed E-state index contributed by atoms with van der Waals surface area (Å²) >= 11 is 5.89. The zero-order valence-corrected chi connectivity index (χ0v) is 14.8. The van der Waals surface area contributed by atoms with Gasteiger partial charge in [-0.05, 0) is 24.6 Å². The Balaban J connectivity index is 1.65. The van der Waals surface area contributed by atoms with Crippen molar-refractivity contribution in [2.24, 2.45) is 0 Å². The Morgan fingerprint density at radius 3 is 2.38 bits per heavy atom. The number of nitrogens with two attached hydrogens (primary N) is 1. The van der Waals surface area contributed by atoms with E-state index in [4.69, 9.17) is 21.9 Å². The number of sulfonamides is 1. The topological polar surface area (TPSA) is 92.7 Å². The molecule has 0 aliphatic carbocycles. The Kier molecular flexibility index (Phi) is 4.82. The first-order chi connectivity index (χ1) is 11.4. The van der Waals surface area contributed by atoms with Gasteiger partial charge in [-0.3, -0.25) is 4.90 Å². The molecule has 0 spiro atoms. The first kappa shape index (κ1) is 17.2. The molecular formula is C15H19ClN4O3S. The van der Waals surface area contributed by atoms with Crippen LogP contribution in [-0.4, -0.2) is 49.0 Å². The average molecular weight is 371 g/mol. The van der Waals surface area contributed by atoms with E-state index in [0.29, 0.717) is 31.2 Å². The van der Waals surface area contributed by atoms with Crippen LogP contribution in [0.3, 0.4) is 0 Å². The second-order valence-electron chi connectivity index (χ2n) is 5.76. The molecule has 2 heterocycles. The van der Waals surface area contributed by atoms with Crippen molar-refractivity contribution in [3.8, 4) is 0 Å². The third kappa shape index (κ3) is 3.41. The van der Waals surface area contributed by atoms with Crippen LogP contribution in [0.4, 0.5) is 5.82 Å². The predicted molar refractivity (Wildman–Crippen MR) is 91.1 cm³/mol. The minimum absolute atomic E-state index is 0.0198. The van der Waals surface area contributed by atoms with Crippen LogP contribution in [0.1, 0.15) is 11.3 Å². The fraction of sp³-hybridized carbons (Fsp3) is 0.400. The first-order valence-corrected chi connectivity index (χ1v) is 9.38. The summed E-state index contributed by atoms with van der Waals surface area (Å²) in [5.41, 5.74) is 6.79. The molecule has 130 valence electrons. The lowest BCUT2D eigenvalue weighted by Crippen LogP contribution is -2.48. The Morgan fingerprint density at radius 2 is 1.83 bits per heavy atom. The largest absolute Gasteiger partial charge is 0.380 e. The number of aryl methyl sites for hydroxylation is 1.